The van der Waals surface area contributed by atoms with Gasteiger partial charge in [-0.1, -0.05) is 47.1 Å². The van der Waals surface area contributed by atoms with Gasteiger partial charge >= 0.3 is 0 Å². The van der Waals surface area contributed by atoms with Crippen molar-refractivity contribution in [1.29, 1.82) is 0 Å². The molecule has 1 aromatic heterocycles. The third-order valence-corrected chi connectivity index (χ3v) is 5.59. The number of hydrogen-bond acceptors (Lipinski definition) is 4. The number of benzene rings is 2. The molecule has 0 aliphatic heterocycles. The summed E-state index contributed by atoms with van der Waals surface area (Å²) in [6.45, 7) is 1.86. The predicted molar refractivity (Wildman–Crippen MR) is 111 cm³/mol. The maximum atomic E-state index is 12.4. The fraction of sp³-hybridized carbons (Fsp3) is 0.158. The lowest BCUT2D eigenvalue weighted by atomic mass is 10.2. The van der Waals surface area contributed by atoms with Crippen LogP contribution in [0.2, 0.25) is 10.0 Å². The summed E-state index contributed by atoms with van der Waals surface area (Å²) >= 11 is 13.7. The Bertz CT molecular complexity index is 975. The number of ether oxygens (including phenoxy) is 1. The highest BCUT2D eigenvalue weighted by Gasteiger charge is 2.14. The molecule has 0 spiro atoms. The minimum absolute atomic E-state index is 0.168. The molecule has 0 saturated heterocycles. The average Bonchev–Trinajstić information content (AvgIpc) is 3.15. The maximum absolute atomic E-state index is 12.4. The van der Waals surface area contributed by atoms with Crippen molar-refractivity contribution >= 4 is 46.6 Å². The van der Waals surface area contributed by atoms with Gasteiger partial charge in [0.25, 0.3) is 0 Å². The lowest BCUT2D eigenvalue weighted by Gasteiger charge is -2.12. The minimum Gasteiger partial charge on any atom is -0.497 e. The summed E-state index contributed by atoms with van der Waals surface area (Å²) in [4.78, 5) is 16.7. The van der Waals surface area contributed by atoms with Crippen LogP contribution in [0.25, 0.3) is 5.69 Å². The second-order valence-electron chi connectivity index (χ2n) is 5.67. The smallest absolute Gasteiger partial charge is 0.234 e. The number of imidazole rings is 1. The molecule has 3 rings (SSSR count). The van der Waals surface area contributed by atoms with Crippen molar-refractivity contribution in [2.75, 3.05) is 18.2 Å². The summed E-state index contributed by atoms with van der Waals surface area (Å²) in [6, 6.07) is 11.1. The summed E-state index contributed by atoms with van der Waals surface area (Å²) in [7, 11) is 1.62. The third kappa shape index (κ3) is 4.58. The number of halogens is 2. The van der Waals surface area contributed by atoms with Gasteiger partial charge in [0.2, 0.25) is 5.91 Å². The van der Waals surface area contributed by atoms with Gasteiger partial charge in [0.05, 0.1) is 34.3 Å². The van der Waals surface area contributed by atoms with Gasteiger partial charge in [-0.05, 0) is 30.7 Å². The van der Waals surface area contributed by atoms with Crippen LogP contribution in [0.1, 0.15) is 5.56 Å². The second kappa shape index (κ2) is 8.69. The Morgan fingerprint density at radius 2 is 2.11 bits per heavy atom. The molecule has 0 aliphatic carbocycles. The van der Waals surface area contributed by atoms with Crippen LogP contribution >= 0.6 is 35.0 Å². The number of nitrogens with one attached hydrogen (secondary N) is 1. The maximum Gasteiger partial charge on any atom is 0.234 e. The molecule has 0 radical (unpaired) electrons. The molecule has 140 valence electrons. The van der Waals surface area contributed by atoms with Crippen LogP contribution in [0.15, 0.2) is 53.9 Å². The van der Waals surface area contributed by atoms with Gasteiger partial charge in [-0.2, -0.15) is 0 Å². The van der Waals surface area contributed by atoms with E-state index in [0.717, 1.165) is 17.0 Å². The molecule has 5 nitrogen and oxygen atoms in total. The Morgan fingerprint density at radius 1 is 1.30 bits per heavy atom. The Labute approximate surface area is 171 Å². The van der Waals surface area contributed by atoms with Gasteiger partial charge in [0.1, 0.15) is 5.75 Å². The molecule has 0 fully saturated rings. The molecule has 3 aromatic rings. The topological polar surface area (TPSA) is 56.2 Å². The van der Waals surface area contributed by atoms with Gasteiger partial charge in [0.15, 0.2) is 5.16 Å². The van der Waals surface area contributed by atoms with Gasteiger partial charge in [-0.15, -0.1) is 0 Å². The zero-order valence-electron chi connectivity index (χ0n) is 14.7. The molecule has 0 bridgehead atoms. The fourth-order valence-electron chi connectivity index (χ4n) is 2.43. The van der Waals surface area contributed by atoms with E-state index in [1.54, 1.807) is 25.4 Å². The Hall–Kier alpha value is -2.15. The standard InChI is InChI=1S/C19H17Cl2N3O2S/c1-12-6-7-15(20)18(17(12)21)23-16(25)11-27-19-22-8-9-24(19)13-4-3-5-14(10-13)26-2/h3-10H,11H2,1-2H3,(H,23,25). The number of methoxy groups -OCH3 is 1. The first kappa shape index (κ1) is 19.6. The number of aromatic nitrogens is 2. The third-order valence-electron chi connectivity index (χ3n) is 3.82. The number of amides is 1. The van der Waals surface area contributed by atoms with Crippen LogP contribution in [0, 0.1) is 6.92 Å². The van der Waals surface area contributed by atoms with E-state index in [2.05, 4.69) is 10.3 Å². The van der Waals surface area contributed by atoms with E-state index in [-0.39, 0.29) is 11.7 Å². The van der Waals surface area contributed by atoms with E-state index in [4.69, 9.17) is 27.9 Å². The summed E-state index contributed by atoms with van der Waals surface area (Å²) < 4.78 is 7.16. The molecule has 8 heteroatoms. The summed E-state index contributed by atoms with van der Waals surface area (Å²) in [6.07, 6.45) is 3.53. The molecule has 2 aromatic carbocycles. The number of anilines is 1. The number of thioether (sulfide) groups is 1. The molecular weight excluding hydrogens is 405 g/mol. The van der Waals surface area contributed by atoms with Crippen molar-refractivity contribution in [3.63, 3.8) is 0 Å². The average molecular weight is 422 g/mol. The normalized spacial score (nSPS) is 10.7. The quantitative estimate of drug-likeness (QED) is 0.553. The first-order valence-electron chi connectivity index (χ1n) is 8.04. The summed E-state index contributed by atoms with van der Waals surface area (Å²) in [5.41, 5.74) is 2.18. The fourth-order valence-corrected chi connectivity index (χ4v) is 3.67. The van der Waals surface area contributed by atoms with Crippen molar-refractivity contribution in [1.82, 2.24) is 9.55 Å². The SMILES string of the molecule is COc1cccc(-n2ccnc2SCC(=O)Nc2c(Cl)ccc(C)c2Cl)c1. The molecule has 1 amide bonds. The number of carbonyl (C=O) groups excluding carboxylic acids is 1. The van der Waals surface area contributed by atoms with Crippen molar-refractivity contribution < 1.29 is 9.53 Å². The van der Waals surface area contributed by atoms with Crippen molar-refractivity contribution in [3.8, 4) is 11.4 Å². The molecule has 0 aliphatic rings. The predicted octanol–water partition coefficient (Wildman–Crippen LogP) is 5.23. The molecule has 0 unspecified atom stereocenters. The van der Waals surface area contributed by atoms with E-state index < -0.39 is 0 Å². The van der Waals surface area contributed by atoms with E-state index >= 15 is 0 Å². The minimum atomic E-state index is -0.213. The van der Waals surface area contributed by atoms with E-state index in [1.165, 1.54) is 11.8 Å². The van der Waals surface area contributed by atoms with Crippen molar-refractivity contribution in [3.05, 3.63) is 64.4 Å². The van der Waals surface area contributed by atoms with Gasteiger partial charge in [0, 0.05) is 18.5 Å². The van der Waals surface area contributed by atoms with E-state index in [1.807, 2.05) is 42.0 Å². The second-order valence-corrected chi connectivity index (χ2v) is 7.40. The molecule has 1 N–H and O–H groups in total. The molecule has 0 saturated carbocycles. The highest BCUT2D eigenvalue weighted by molar-refractivity contribution is 7.99. The lowest BCUT2D eigenvalue weighted by Crippen LogP contribution is -2.15. The first-order valence-corrected chi connectivity index (χ1v) is 9.78. The van der Waals surface area contributed by atoms with Gasteiger partial charge in [-0.3, -0.25) is 9.36 Å². The first-order chi connectivity index (χ1) is 13.0. The van der Waals surface area contributed by atoms with Crippen LogP contribution in [0.3, 0.4) is 0 Å². The lowest BCUT2D eigenvalue weighted by molar-refractivity contribution is -0.113. The summed E-state index contributed by atoms with van der Waals surface area (Å²) in [5, 5.41) is 4.32. The highest BCUT2D eigenvalue weighted by Crippen LogP contribution is 2.33. The zero-order chi connectivity index (χ0) is 19.4. The van der Waals surface area contributed by atoms with Crippen LogP contribution < -0.4 is 10.1 Å². The Morgan fingerprint density at radius 3 is 2.89 bits per heavy atom. The summed E-state index contributed by atoms with van der Waals surface area (Å²) in [5.74, 6) is 0.704. The Kier molecular flexibility index (Phi) is 6.31. The van der Waals surface area contributed by atoms with Gasteiger partial charge < -0.3 is 10.1 Å². The molecule has 1 heterocycles. The Balaban J connectivity index is 1.70. The number of rotatable bonds is 6. The van der Waals surface area contributed by atoms with Crippen LogP contribution in [0.4, 0.5) is 5.69 Å². The number of carbonyl (C=O) groups is 1. The number of hydrogen-bond donors (Lipinski definition) is 1. The number of nitrogens with zero attached hydrogens (tertiary/aromatic N) is 2. The monoisotopic (exact) mass is 421 g/mol. The largest absolute Gasteiger partial charge is 0.497 e. The van der Waals surface area contributed by atoms with Gasteiger partial charge in [-0.25, -0.2) is 4.98 Å². The molecule has 0 atom stereocenters. The highest BCUT2D eigenvalue weighted by atomic mass is 35.5. The van der Waals surface area contributed by atoms with E-state index in [9.17, 15) is 4.79 Å². The molecular formula is C19H17Cl2N3O2S. The van der Waals surface area contributed by atoms with Crippen molar-refractivity contribution in [2.24, 2.45) is 0 Å². The van der Waals surface area contributed by atoms with Crippen LogP contribution in [0.5, 0.6) is 5.75 Å². The zero-order valence-corrected chi connectivity index (χ0v) is 17.0. The van der Waals surface area contributed by atoms with Crippen molar-refractivity contribution in [2.45, 2.75) is 12.1 Å². The van der Waals surface area contributed by atoms with Crippen LogP contribution in [-0.4, -0.2) is 28.3 Å². The van der Waals surface area contributed by atoms with Crippen LogP contribution in [-0.2, 0) is 4.79 Å². The molecule has 27 heavy (non-hydrogen) atoms. The van der Waals surface area contributed by atoms with E-state index in [0.29, 0.717) is 20.9 Å². The number of aryl methyl sites for hydroxylation is 1.